The average molecular weight is 293 g/mol. The van der Waals surface area contributed by atoms with Crippen molar-refractivity contribution in [1.82, 2.24) is 4.90 Å². The van der Waals surface area contributed by atoms with E-state index in [2.05, 4.69) is 0 Å². The van der Waals surface area contributed by atoms with Crippen molar-refractivity contribution >= 4 is 18.3 Å². The number of hydrogen-bond donors (Lipinski definition) is 1. The minimum absolute atomic E-state index is 0. The van der Waals surface area contributed by atoms with E-state index in [1.807, 2.05) is 13.8 Å². The van der Waals surface area contributed by atoms with Crippen molar-refractivity contribution in [2.75, 3.05) is 20.1 Å². The molecular weight excluding hydrogens is 274 g/mol. The largest absolute Gasteiger partial charge is 0.341 e. The Morgan fingerprint density at radius 1 is 1.37 bits per heavy atom. The van der Waals surface area contributed by atoms with Crippen LogP contribution in [-0.2, 0) is 0 Å². The molecule has 1 amide bonds. The molecule has 0 heterocycles. The van der Waals surface area contributed by atoms with E-state index in [-0.39, 0.29) is 23.4 Å². The van der Waals surface area contributed by atoms with Gasteiger partial charge in [-0.1, -0.05) is 13.8 Å². The van der Waals surface area contributed by atoms with Gasteiger partial charge in [0.2, 0.25) is 0 Å². The van der Waals surface area contributed by atoms with Gasteiger partial charge in [-0.25, -0.2) is 8.78 Å². The van der Waals surface area contributed by atoms with E-state index in [0.29, 0.717) is 13.1 Å². The Kier molecular flexibility index (Phi) is 6.39. The zero-order chi connectivity index (χ0) is 13.9. The van der Waals surface area contributed by atoms with Gasteiger partial charge in [-0.3, -0.25) is 4.79 Å². The second-order valence-electron chi connectivity index (χ2n) is 5.15. The smallest absolute Gasteiger partial charge is 0.256 e. The third-order valence-corrected chi connectivity index (χ3v) is 2.72. The third-order valence-electron chi connectivity index (χ3n) is 2.72. The molecule has 108 valence electrons. The third kappa shape index (κ3) is 4.76. The summed E-state index contributed by atoms with van der Waals surface area (Å²) in [5, 5.41) is 0. The number of carbonyl (C=O) groups is 1. The van der Waals surface area contributed by atoms with Crippen molar-refractivity contribution in [3.63, 3.8) is 0 Å². The topological polar surface area (TPSA) is 46.3 Å². The zero-order valence-electron chi connectivity index (χ0n) is 11.2. The second kappa shape index (κ2) is 6.82. The molecule has 0 aromatic heterocycles. The molecule has 1 aromatic carbocycles. The van der Waals surface area contributed by atoms with Crippen LogP contribution < -0.4 is 5.73 Å². The number of nitrogens with two attached hydrogens (primary N) is 1. The quantitative estimate of drug-likeness (QED) is 0.926. The highest BCUT2D eigenvalue weighted by atomic mass is 35.5. The molecule has 0 atom stereocenters. The molecule has 0 fully saturated rings. The van der Waals surface area contributed by atoms with Crippen LogP contribution in [-0.4, -0.2) is 30.9 Å². The summed E-state index contributed by atoms with van der Waals surface area (Å²) in [6.45, 7) is 4.58. The van der Waals surface area contributed by atoms with Gasteiger partial charge in [-0.15, -0.1) is 12.4 Å². The van der Waals surface area contributed by atoms with Crippen LogP contribution in [0.2, 0.25) is 0 Å². The molecule has 2 N–H and O–H groups in total. The molecule has 6 heteroatoms. The maximum atomic E-state index is 13.5. The lowest BCUT2D eigenvalue weighted by Gasteiger charge is -2.29. The highest BCUT2D eigenvalue weighted by Crippen LogP contribution is 2.17. The molecule has 0 saturated heterocycles. The van der Waals surface area contributed by atoms with Gasteiger partial charge >= 0.3 is 0 Å². The Labute approximate surface area is 118 Å². The molecule has 0 aliphatic heterocycles. The van der Waals surface area contributed by atoms with Crippen molar-refractivity contribution in [3.05, 3.63) is 35.4 Å². The van der Waals surface area contributed by atoms with E-state index in [9.17, 15) is 13.6 Å². The Morgan fingerprint density at radius 3 is 2.47 bits per heavy atom. The first kappa shape index (κ1) is 17.8. The van der Waals surface area contributed by atoms with Crippen molar-refractivity contribution in [2.24, 2.45) is 11.1 Å². The second-order valence-corrected chi connectivity index (χ2v) is 5.15. The van der Waals surface area contributed by atoms with E-state index in [4.69, 9.17) is 5.73 Å². The first-order valence-electron chi connectivity index (χ1n) is 5.67. The van der Waals surface area contributed by atoms with Crippen LogP contribution >= 0.6 is 12.4 Å². The molecule has 0 aliphatic rings. The fourth-order valence-electron chi connectivity index (χ4n) is 1.65. The van der Waals surface area contributed by atoms with Gasteiger partial charge in [0, 0.05) is 13.6 Å². The van der Waals surface area contributed by atoms with Gasteiger partial charge in [0.25, 0.3) is 5.91 Å². The lowest BCUT2D eigenvalue weighted by Crippen LogP contribution is -2.40. The highest BCUT2D eigenvalue weighted by Gasteiger charge is 2.23. The SMILES string of the molecule is CN(CC(C)(C)CN)C(=O)c1cc(F)ccc1F.Cl. The van der Waals surface area contributed by atoms with Crippen LogP contribution in [0.25, 0.3) is 0 Å². The molecule has 19 heavy (non-hydrogen) atoms. The number of amides is 1. The van der Waals surface area contributed by atoms with Gasteiger partial charge in [-0.05, 0) is 30.2 Å². The van der Waals surface area contributed by atoms with Gasteiger partial charge in [0.05, 0.1) is 5.56 Å². The minimum Gasteiger partial charge on any atom is -0.341 e. The Hall–Kier alpha value is -1.20. The molecule has 0 radical (unpaired) electrons. The first-order valence-corrected chi connectivity index (χ1v) is 5.67. The fourth-order valence-corrected chi connectivity index (χ4v) is 1.65. The lowest BCUT2D eigenvalue weighted by molar-refractivity contribution is 0.0735. The summed E-state index contributed by atoms with van der Waals surface area (Å²) >= 11 is 0. The number of hydrogen-bond acceptors (Lipinski definition) is 2. The minimum atomic E-state index is -0.723. The highest BCUT2D eigenvalue weighted by molar-refractivity contribution is 5.94. The summed E-state index contributed by atoms with van der Waals surface area (Å²) in [6.07, 6.45) is 0. The fraction of sp³-hybridized carbons (Fsp3) is 0.462. The van der Waals surface area contributed by atoms with Gasteiger partial charge in [-0.2, -0.15) is 0 Å². The summed E-state index contributed by atoms with van der Waals surface area (Å²) in [4.78, 5) is 13.3. The average Bonchev–Trinajstić information content (AvgIpc) is 2.31. The normalized spacial score (nSPS) is 10.8. The van der Waals surface area contributed by atoms with E-state index >= 15 is 0 Å². The summed E-state index contributed by atoms with van der Waals surface area (Å²) in [5.74, 6) is -1.90. The van der Waals surface area contributed by atoms with E-state index < -0.39 is 17.5 Å². The van der Waals surface area contributed by atoms with Crippen molar-refractivity contribution in [2.45, 2.75) is 13.8 Å². The summed E-state index contributed by atoms with van der Waals surface area (Å²) in [5.41, 5.74) is 5.05. The monoisotopic (exact) mass is 292 g/mol. The number of carbonyl (C=O) groups excluding carboxylic acids is 1. The maximum Gasteiger partial charge on any atom is 0.256 e. The van der Waals surface area contributed by atoms with Crippen LogP contribution in [0.4, 0.5) is 8.78 Å². The van der Waals surface area contributed by atoms with Crippen molar-refractivity contribution in [3.8, 4) is 0 Å². The number of benzene rings is 1. The van der Waals surface area contributed by atoms with Gasteiger partial charge in [0.1, 0.15) is 11.6 Å². The molecule has 1 aromatic rings. The molecular formula is C13H19ClF2N2O. The molecule has 0 unspecified atom stereocenters. The van der Waals surface area contributed by atoms with Crippen LogP contribution in [0.5, 0.6) is 0 Å². The van der Waals surface area contributed by atoms with E-state index in [0.717, 1.165) is 18.2 Å². The Balaban J connectivity index is 0.00000324. The predicted molar refractivity (Wildman–Crippen MR) is 73.4 cm³/mol. The molecule has 0 aliphatic carbocycles. The van der Waals surface area contributed by atoms with Gasteiger partial charge in [0.15, 0.2) is 0 Å². The maximum absolute atomic E-state index is 13.5. The summed E-state index contributed by atoms with van der Waals surface area (Å²) in [7, 11) is 1.55. The van der Waals surface area contributed by atoms with Crippen LogP contribution in [0.15, 0.2) is 18.2 Å². The van der Waals surface area contributed by atoms with Crippen molar-refractivity contribution in [1.29, 1.82) is 0 Å². The molecule has 3 nitrogen and oxygen atoms in total. The number of halogens is 3. The van der Waals surface area contributed by atoms with Crippen molar-refractivity contribution < 1.29 is 13.6 Å². The first-order chi connectivity index (χ1) is 8.26. The molecule has 1 rings (SSSR count). The van der Waals surface area contributed by atoms with Crippen LogP contribution in [0, 0.1) is 17.0 Å². The summed E-state index contributed by atoms with van der Waals surface area (Å²) in [6, 6.07) is 2.84. The van der Waals surface area contributed by atoms with Crippen LogP contribution in [0.3, 0.4) is 0 Å². The molecule has 0 bridgehead atoms. The number of nitrogens with zero attached hydrogens (tertiary/aromatic N) is 1. The number of rotatable bonds is 4. The summed E-state index contributed by atoms with van der Waals surface area (Å²) < 4.78 is 26.5. The van der Waals surface area contributed by atoms with E-state index in [1.54, 1.807) is 7.05 Å². The molecule has 0 saturated carbocycles. The Morgan fingerprint density at radius 2 is 1.95 bits per heavy atom. The standard InChI is InChI=1S/C13H18F2N2O.ClH/c1-13(2,7-16)8-17(3)12(18)10-6-9(14)4-5-11(10)15;/h4-6H,7-8,16H2,1-3H3;1H. The van der Waals surface area contributed by atoms with Gasteiger partial charge < -0.3 is 10.6 Å². The van der Waals surface area contributed by atoms with Crippen LogP contribution in [0.1, 0.15) is 24.2 Å². The lowest BCUT2D eigenvalue weighted by atomic mass is 9.93. The predicted octanol–water partition coefficient (Wildman–Crippen LogP) is 2.44. The zero-order valence-corrected chi connectivity index (χ0v) is 12.1. The molecule has 0 spiro atoms. The van der Waals surface area contributed by atoms with E-state index in [1.165, 1.54) is 4.90 Å². The Bertz CT molecular complexity index is 452.